The molecule has 0 radical (unpaired) electrons. The second kappa shape index (κ2) is 13.6. The molecule has 0 fully saturated rings. The molecule has 7 heteroatoms. The molecule has 3 N–H and O–H groups in total. The number of carbonyl (C=O) groups is 3. The van der Waals surface area contributed by atoms with E-state index in [1.54, 1.807) is 11.8 Å². The molecule has 0 saturated heterocycles. The molecular formula is C35H36N4O3. The van der Waals surface area contributed by atoms with E-state index in [1.165, 1.54) is 0 Å². The van der Waals surface area contributed by atoms with Gasteiger partial charge in [-0.15, -0.1) is 0 Å². The highest BCUT2D eigenvalue weighted by molar-refractivity contribution is 6.00. The minimum absolute atomic E-state index is 0.0900. The third-order valence-electron chi connectivity index (χ3n) is 7.56. The van der Waals surface area contributed by atoms with E-state index in [0.29, 0.717) is 32.5 Å². The Labute approximate surface area is 247 Å². The van der Waals surface area contributed by atoms with Gasteiger partial charge in [0.2, 0.25) is 11.8 Å². The number of rotatable bonds is 9. The highest BCUT2D eigenvalue weighted by Gasteiger charge is 2.31. The lowest BCUT2D eigenvalue weighted by atomic mass is 9.98. The molecule has 5 rings (SSSR count). The smallest absolute Gasteiger partial charge is 0.315 e. The average molecular weight is 561 g/mol. The van der Waals surface area contributed by atoms with Gasteiger partial charge in [0.1, 0.15) is 6.04 Å². The van der Waals surface area contributed by atoms with Crippen LogP contribution >= 0.6 is 0 Å². The van der Waals surface area contributed by atoms with Crippen LogP contribution in [-0.2, 0) is 35.6 Å². The quantitative estimate of drug-likeness (QED) is 0.244. The van der Waals surface area contributed by atoms with Crippen LogP contribution < -0.4 is 20.9 Å². The first-order valence-electron chi connectivity index (χ1n) is 14.4. The molecule has 4 aromatic rings. The normalized spacial score (nSPS) is 14.5. The molecule has 1 atom stereocenters. The summed E-state index contributed by atoms with van der Waals surface area (Å²) in [6.07, 6.45) is 1.64. The number of carbonyl (C=O) groups excluding carboxylic acids is 3. The molecule has 0 saturated carbocycles. The minimum Gasteiger partial charge on any atom is -0.344 e. The van der Waals surface area contributed by atoms with Crippen LogP contribution in [0, 0.1) is 0 Å². The van der Waals surface area contributed by atoms with Crippen molar-refractivity contribution < 1.29 is 14.4 Å². The Morgan fingerprint density at radius 1 is 0.786 bits per heavy atom. The number of hydrogen-bond donors (Lipinski definition) is 3. The van der Waals surface area contributed by atoms with Crippen molar-refractivity contribution in [3.63, 3.8) is 0 Å². The summed E-state index contributed by atoms with van der Waals surface area (Å²) in [5, 5.41) is 8.78. The third-order valence-corrected chi connectivity index (χ3v) is 7.56. The number of nitrogens with zero attached hydrogens (tertiary/aromatic N) is 1. The van der Waals surface area contributed by atoms with E-state index in [2.05, 4.69) is 22.0 Å². The Kier molecular flexibility index (Phi) is 9.29. The summed E-state index contributed by atoms with van der Waals surface area (Å²) in [4.78, 5) is 40.0. The van der Waals surface area contributed by atoms with E-state index >= 15 is 0 Å². The van der Waals surface area contributed by atoms with E-state index in [4.69, 9.17) is 0 Å². The van der Waals surface area contributed by atoms with Crippen LogP contribution in [-0.4, -0.2) is 23.9 Å². The maximum absolute atomic E-state index is 13.6. The number of urea groups is 1. The maximum Gasteiger partial charge on any atom is 0.315 e. The molecule has 42 heavy (non-hydrogen) atoms. The second-order valence-electron chi connectivity index (χ2n) is 10.4. The van der Waals surface area contributed by atoms with Gasteiger partial charge in [0.25, 0.3) is 0 Å². The van der Waals surface area contributed by atoms with Crippen molar-refractivity contribution in [2.24, 2.45) is 0 Å². The lowest BCUT2D eigenvalue weighted by Crippen LogP contribution is -2.47. The molecular weight excluding hydrogens is 524 g/mol. The molecule has 1 aliphatic rings. The summed E-state index contributed by atoms with van der Waals surface area (Å²) in [5.41, 5.74) is 7.08. The number of benzene rings is 4. The number of hydrogen-bond acceptors (Lipinski definition) is 3. The van der Waals surface area contributed by atoms with E-state index in [0.717, 1.165) is 45.5 Å². The van der Waals surface area contributed by atoms with Crippen molar-refractivity contribution >= 4 is 23.5 Å². The van der Waals surface area contributed by atoms with Gasteiger partial charge in [-0.2, -0.15) is 0 Å². The SMILES string of the molecule is CCC(=O)N[C@@H]1CCc2ccccc2N(Cc2ccc(-c3ccccc3CNC(=O)NCc3ccccc3)cc2)C1=O. The van der Waals surface area contributed by atoms with E-state index in [9.17, 15) is 14.4 Å². The van der Waals surface area contributed by atoms with Gasteiger partial charge in [-0.25, -0.2) is 4.79 Å². The number of amides is 4. The molecule has 0 spiro atoms. The summed E-state index contributed by atoms with van der Waals surface area (Å²) in [7, 11) is 0. The van der Waals surface area contributed by atoms with E-state index in [-0.39, 0.29) is 17.8 Å². The first kappa shape index (κ1) is 28.6. The van der Waals surface area contributed by atoms with Crippen molar-refractivity contribution in [1.29, 1.82) is 0 Å². The largest absolute Gasteiger partial charge is 0.344 e. The zero-order valence-electron chi connectivity index (χ0n) is 23.8. The Morgan fingerprint density at radius 3 is 2.26 bits per heavy atom. The topological polar surface area (TPSA) is 90.5 Å². The molecule has 214 valence electrons. The number of anilines is 1. The molecule has 1 aliphatic heterocycles. The Bertz CT molecular complexity index is 1540. The summed E-state index contributed by atoms with van der Waals surface area (Å²) in [6.45, 7) is 3.05. The van der Waals surface area contributed by atoms with Gasteiger partial charge < -0.3 is 20.9 Å². The molecule has 7 nitrogen and oxygen atoms in total. The molecule has 0 unspecified atom stereocenters. The van der Waals surface area contributed by atoms with Crippen molar-refractivity contribution in [3.05, 3.63) is 125 Å². The fourth-order valence-corrected chi connectivity index (χ4v) is 5.25. The molecule has 1 heterocycles. The lowest BCUT2D eigenvalue weighted by Gasteiger charge is -2.26. The van der Waals surface area contributed by atoms with Gasteiger partial charge in [0.05, 0.1) is 6.54 Å². The van der Waals surface area contributed by atoms with Gasteiger partial charge in [-0.1, -0.05) is 104 Å². The van der Waals surface area contributed by atoms with Gasteiger partial charge in [0.15, 0.2) is 0 Å². The predicted octanol–water partition coefficient (Wildman–Crippen LogP) is 5.73. The summed E-state index contributed by atoms with van der Waals surface area (Å²) in [6, 6.07) is 33.2. The van der Waals surface area contributed by atoms with Crippen molar-refractivity contribution in [1.82, 2.24) is 16.0 Å². The van der Waals surface area contributed by atoms with Gasteiger partial charge >= 0.3 is 6.03 Å². The number of nitrogens with one attached hydrogen (secondary N) is 3. The highest BCUT2D eigenvalue weighted by Crippen LogP contribution is 2.30. The Balaban J connectivity index is 1.28. The molecule has 4 amide bonds. The van der Waals surface area contributed by atoms with Crippen molar-refractivity contribution in [2.45, 2.75) is 51.9 Å². The third kappa shape index (κ3) is 7.04. The van der Waals surface area contributed by atoms with E-state index < -0.39 is 6.04 Å². The predicted molar refractivity (Wildman–Crippen MR) is 166 cm³/mol. The zero-order valence-corrected chi connectivity index (χ0v) is 23.8. The van der Waals surface area contributed by atoms with Gasteiger partial charge in [-0.3, -0.25) is 9.59 Å². The second-order valence-corrected chi connectivity index (χ2v) is 10.4. The Hall–Kier alpha value is -4.91. The van der Waals surface area contributed by atoms with Crippen LogP contribution in [0.15, 0.2) is 103 Å². The summed E-state index contributed by atoms with van der Waals surface area (Å²) in [5.74, 6) is -0.210. The number of para-hydroxylation sites is 1. The summed E-state index contributed by atoms with van der Waals surface area (Å²) < 4.78 is 0. The standard InChI is InChI=1S/C35H36N4O3/c1-2-33(40)38-31-21-20-28-12-7-9-15-32(28)39(34(31)41)24-26-16-18-27(19-17-26)30-14-8-6-13-29(30)23-37-35(42)36-22-25-10-4-3-5-11-25/h3-19,31H,2,20-24H2,1H3,(H,38,40)(H2,36,37,42)/t31-/m1/s1. The molecule has 4 aromatic carbocycles. The first-order chi connectivity index (χ1) is 20.5. The Morgan fingerprint density at radius 2 is 1.48 bits per heavy atom. The van der Waals surface area contributed by atoms with E-state index in [1.807, 2.05) is 97.1 Å². The fourth-order valence-electron chi connectivity index (χ4n) is 5.25. The van der Waals surface area contributed by atoms with Crippen molar-refractivity contribution in [3.8, 4) is 11.1 Å². The molecule has 0 aliphatic carbocycles. The minimum atomic E-state index is -0.548. The average Bonchev–Trinajstić information content (AvgIpc) is 3.16. The lowest BCUT2D eigenvalue weighted by molar-refractivity contribution is -0.127. The number of fused-ring (bicyclic) bond motifs is 1. The number of aryl methyl sites for hydroxylation is 1. The van der Waals surface area contributed by atoms with Gasteiger partial charge in [-0.05, 0) is 52.3 Å². The zero-order chi connectivity index (χ0) is 29.3. The van der Waals surface area contributed by atoms with Crippen LogP contribution in [0.2, 0.25) is 0 Å². The molecule has 0 bridgehead atoms. The van der Waals surface area contributed by atoms with Crippen LogP contribution in [0.4, 0.5) is 10.5 Å². The van der Waals surface area contributed by atoms with Crippen LogP contribution in [0.5, 0.6) is 0 Å². The van der Waals surface area contributed by atoms with Gasteiger partial charge in [0, 0.05) is 25.2 Å². The monoisotopic (exact) mass is 560 g/mol. The maximum atomic E-state index is 13.6. The first-order valence-corrected chi connectivity index (χ1v) is 14.4. The van der Waals surface area contributed by atoms with Crippen molar-refractivity contribution in [2.75, 3.05) is 4.90 Å². The molecule has 0 aromatic heterocycles. The fraction of sp³-hybridized carbons (Fsp3) is 0.229. The summed E-state index contributed by atoms with van der Waals surface area (Å²) >= 11 is 0. The highest BCUT2D eigenvalue weighted by atomic mass is 16.2. The van der Waals surface area contributed by atoms with Crippen LogP contribution in [0.1, 0.15) is 42.0 Å². The van der Waals surface area contributed by atoms with Crippen LogP contribution in [0.3, 0.4) is 0 Å². The van der Waals surface area contributed by atoms with Crippen LogP contribution in [0.25, 0.3) is 11.1 Å².